The molecule has 0 saturated carbocycles. The number of aromatic nitrogens is 2. The molecule has 6 heteroatoms. The van der Waals surface area contributed by atoms with Crippen molar-refractivity contribution in [1.82, 2.24) is 9.97 Å². The molecule has 4 nitrogen and oxygen atoms in total. The maximum atomic E-state index is 12.7. The summed E-state index contributed by atoms with van der Waals surface area (Å²) in [4.78, 5) is 21.9. The second-order valence-electron chi connectivity index (χ2n) is 6.55. The number of pyridine rings is 1. The fraction of sp³-hybridized carbons (Fsp3) is 0.130. The van der Waals surface area contributed by atoms with Gasteiger partial charge in [0.1, 0.15) is 5.01 Å². The number of thiazole rings is 1. The van der Waals surface area contributed by atoms with Crippen LogP contribution in [0.2, 0.25) is 0 Å². The van der Waals surface area contributed by atoms with Crippen molar-refractivity contribution in [1.29, 1.82) is 5.26 Å². The Labute approximate surface area is 177 Å². The largest absolute Gasteiger partial charge is 0.297 e. The molecule has 1 atom stereocenters. The van der Waals surface area contributed by atoms with Crippen molar-refractivity contribution in [2.45, 2.75) is 17.9 Å². The summed E-state index contributed by atoms with van der Waals surface area (Å²) in [6.07, 6.45) is 0. The molecule has 0 bridgehead atoms. The molecular formula is C23H17N3OS2. The van der Waals surface area contributed by atoms with Crippen LogP contribution in [0.25, 0.3) is 22.2 Å². The Morgan fingerprint density at radius 2 is 1.90 bits per heavy atom. The molecule has 142 valence electrons. The first-order valence-corrected chi connectivity index (χ1v) is 10.9. The van der Waals surface area contributed by atoms with Crippen LogP contribution in [0.4, 0.5) is 0 Å². The number of ketones is 1. The number of thioether (sulfide) groups is 1. The second-order valence-corrected chi connectivity index (χ2v) is 8.43. The van der Waals surface area contributed by atoms with Crippen molar-refractivity contribution >= 4 is 39.8 Å². The fourth-order valence-electron chi connectivity index (χ4n) is 3.05. The minimum Gasteiger partial charge on any atom is -0.297 e. The predicted octanol–water partition coefficient (Wildman–Crippen LogP) is 5.64. The van der Waals surface area contributed by atoms with Gasteiger partial charge >= 0.3 is 0 Å². The third kappa shape index (κ3) is 4.21. The third-order valence-electron chi connectivity index (χ3n) is 4.55. The van der Waals surface area contributed by atoms with Gasteiger partial charge in [0.05, 0.1) is 28.1 Å². The van der Waals surface area contributed by atoms with Crippen LogP contribution in [0.15, 0.2) is 71.1 Å². The van der Waals surface area contributed by atoms with Gasteiger partial charge in [-0.05, 0) is 24.6 Å². The third-order valence-corrected chi connectivity index (χ3v) is 6.39. The minimum atomic E-state index is -0.855. The zero-order chi connectivity index (χ0) is 20.2. The van der Waals surface area contributed by atoms with Crippen molar-refractivity contribution in [3.8, 4) is 17.3 Å². The van der Waals surface area contributed by atoms with Crippen molar-refractivity contribution in [3.05, 3.63) is 76.6 Å². The lowest BCUT2D eigenvalue weighted by molar-refractivity contribution is -0.116. The van der Waals surface area contributed by atoms with Gasteiger partial charge < -0.3 is 0 Å². The molecule has 0 radical (unpaired) electrons. The molecule has 0 spiro atoms. The van der Waals surface area contributed by atoms with Crippen LogP contribution in [-0.2, 0) is 4.79 Å². The first kappa shape index (κ1) is 19.3. The minimum absolute atomic E-state index is 0.154. The van der Waals surface area contributed by atoms with Gasteiger partial charge in [-0.25, -0.2) is 9.97 Å². The van der Waals surface area contributed by atoms with Crippen LogP contribution in [-0.4, -0.2) is 21.5 Å². The quantitative estimate of drug-likeness (QED) is 0.382. The van der Waals surface area contributed by atoms with E-state index in [1.807, 2.05) is 73.0 Å². The van der Waals surface area contributed by atoms with Gasteiger partial charge in [0.15, 0.2) is 11.7 Å². The molecule has 0 aliphatic heterocycles. The first-order chi connectivity index (χ1) is 14.2. The molecular weight excluding hydrogens is 398 g/mol. The topological polar surface area (TPSA) is 66.6 Å². The lowest BCUT2D eigenvalue weighted by atomic mass is 10.1. The maximum absolute atomic E-state index is 12.7. The number of para-hydroxylation sites is 1. The lowest BCUT2D eigenvalue weighted by Gasteiger charge is -2.07. The maximum Gasteiger partial charge on any atom is 0.167 e. The number of hydrogen-bond donors (Lipinski definition) is 0. The average Bonchev–Trinajstić information content (AvgIpc) is 3.23. The van der Waals surface area contributed by atoms with E-state index in [-0.39, 0.29) is 11.5 Å². The highest BCUT2D eigenvalue weighted by Gasteiger charge is 2.24. The van der Waals surface area contributed by atoms with E-state index < -0.39 is 5.92 Å². The van der Waals surface area contributed by atoms with Crippen molar-refractivity contribution in [2.24, 2.45) is 0 Å². The molecule has 2 aromatic carbocycles. The van der Waals surface area contributed by atoms with Gasteiger partial charge in [0.25, 0.3) is 0 Å². The number of nitrogens with zero attached hydrogens (tertiary/aromatic N) is 3. The van der Waals surface area contributed by atoms with E-state index in [9.17, 15) is 10.1 Å². The number of carbonyl (C=O) groups is 1. The summed E-state index contributed by atoms with van der Waals surface area (Å²) in [5, 5.41) is 13.9. The number of hydrogen-bond acceptors (Lipinski definition) is 6. The Hall–Kier alpha value is -3.01. The molecule has 0 saturated heterocycles. The van der Waals surface area contributed by atoms with E-state index in [4.69, 9.17) is 0 Å². The molecule has 29 heavy (non-hydrogen) atoms. The van der Waals surface area contributed by atoms with E-state index in [0.717, 1.165) is 32.7 Å². The summed E-state index contributed by atoms with van der Waals surface area (Å²) in [5.41, 5.74) is 3.80. The average molecular weight is 416 g/mol. The zero-order valence-corrected chi connectivity index (χ0v) is 17.3. The Balaban J connectivity index is 1.49. The summed E-state index contributed by atoms with van der Waals surface area (Å²) in [6.45, 7) is 2.04. The first-order valence-electron chi connectivity index (χ1n) is 9.08. The number of benzene rings is 2. The molecule has 0 fully saturated rings. The normalized spacial score (nSPS) is 11.9. The van der Waals surface area contributed by atoms with Crippen molar-refractivity contribution in [2.75, 3.05) is 5.75 Å². The van der Waals surface area contributed by atoms with Crippen LogP contribution in [0.3, 0.4) is 0 Å². The van der Waals surface area contributed by atoms with Crippen LogP contribution in [0.5, 0.6) is 0 Å². The number of fused-ring (bicyclic) bond motifs is 1. The summed E-state index contributed by atoms with van der Waals surface area (Å²) in [5.74, 6) is -0.825. The van der Waals surface area contributed by atoms with Crippen molar-refractivity contribution < 1.29 is 4.79 Å². The van der Waals surface area contributed by atoms with Crippen LogP contribution in [0.1, 0.15) is 16.5 Å². The van der Waals surface area contributed by atoms with Crippen LogP contribution in [0, 0.1) is 18.3 Å². The number of nitriles is 1. The van der Waals surface area contributed by atoms with Gasteiger partial charge in [0, 0.05) is 16.3 Å². The van der Waals surface area contributed by atoms with Crippen LogP contribution >= 0.6 is 23.1 Å². The van der Waals surface area contributed by atoms with E-state index in [1.54, 1.807) is 0 Å². The lowest BCUT2D eigenvalue weighted by Crippen LogP contribution is -2.13. The fourth-order valence-corrected chi connectivity index (χ4v) is 4.82. The summed E-state index contributed by atoms with van der Waals surface area (Å²) in [7, 11) is 0. The smallest absolute Gasteiger partial charge is 0.167 e. The van der Waals surface area contributed by atoms with E-state index in [1.165, 1.54) is 23.1 Å². The molecule has 4 rings (SSSR count). The van der Waals surface area contributed by atoms with E-state index >= 15 is 0 Å². The molecule has 0 amide bonds. The Morgan fingerprint density at radius 1 is 1.14 bits per heavy atom. The highest BCUT2D eigenvalue weighted by atomic mass is 32.2. The molecule has 0 aliphatic carbocycles. The van der Waals surface area contributed by atoms with Gasteiger partial charge in [-0.1, -0.05) is 60.3 Å². The number of Topliss-reactive ketones (excluding diaryl/α,β-unsaturated/α-hetero) is 1. The molecule has 1 unspecified atom stereocenters. The highest BCUT2D eigenvalue weighted by molar-refractivity contribution is 7.99. The number of carbonyl (C=O) groups excluding carboxylic acids is 1. The van der Waals surface area contributed by atoms with E-state index in [0.29, 0.717) is 5.01 Å². The molecule has 0 aliphatic rings. The summed E-state index contributed by atoms with van der Waals surface area (Å²) >= 11 is 2.72. The monoisotopic (exact) mass is 415 g/mol. The standard InChI is InChI=1S/C23H17N3OS2/c1-15-11-22(25-19-10-6-5-9-17(15)19)28-14-21(27)18(12-24)23-26-20(13-29-23)16-7-3-2-4-8-16/h2-11,13,18H,14H2,1H3. The summed E-state index contributed by atoms with van der Waals surface area (Å²) in [6, 6.07) is 21.8. The second kappa shape index (κ2) is 8.56. The number of aryl methyl sites for hydroxylation is 1. The van der Waals surface area contributed by atoms with Gasteiger partial charge in [0.2, 0.25) is 0 Å². The molecule has 2 heterocycles. The van der Waals surface area contributed by atoms with Crippen molar-refractivity contribution in [3.63, 3.8) is 0 Å². The predicted molar refractivity (Wildman–Crippen MR) is 118 cm³/mol. The molecule has 4 aromatic rings. The Bertz CT molecular complexity index is 1210. The Kier molecular flexibility index (Phi) is 5.70. The number of rotatable bonds is 6. The zero-order valence-electron chi connectivity index (χ0n) is 15.7. The highest BCUT2D eigenvalue weighted by Crippen LogP contribution is 2.29. The van der Waals surface area contributed by atoms with Gasteiger partial charge in [-0.2, -0.15) is 5.26 Å². The SMILES string of the molecule is Cc1cc(SCC(=O)C(C#N)c2nc(-c3ccccc3)cs2)nc2ccccc12. The molecule has 0 N–H and O–H groups in total. The molecule has 2 aromatic heterocycles. The Morgan fingerprint density at radius 3 is 2.69 bits per heavy atom. The summed E-state index contributed by atoms with van der Waals surface area (Å²) < 4.78 is 0. The van der Waals surface area contributed by atoms with Crippen LogP contribution < -0.4 is 0 Å². The van der Waals surface area contributed by atoms with Gasteiger partial charge in [-0.3, -0.25) is 4.79 Å². The van der Waals surface area contributed by atoms with Gasteiger partial charge in [-0.15, -0.1) is 11.3 Å². The van der Waals surface area contributed by atoms with E-state index in [2.05, 4.69) is 16.0 Å².